The van der Waals surface area contributed by atoms with Crippen molar-refractivity contribution in [2.24, 2.45) is 0 Å². The molecule has 22 heavy (non-hydrogen) atoms. The number of hydrogen-bond donors (Lipinski definition) is 2. The van der Waals surface area contributed by atoms with Gasteiger partial charge in [0.05, 0.1) is 0 Å². The molecule has 1 saturated carbocycles. The van der Waals surface area contributed by atoms with Crippen LogP contribution in [-0.4, -0.2) is 54.9 Å². The third-order valence-corrected chi connectivity index (χ3v) is 4.76. The highest BCUT2D eigenvalue weighted by molar-refractivity contribution is 5.68. The quantitative estimate of drug-likeness (QED) is 0.837. The monoisotopic (exact) mass is 311 g/mol. The van der Waals surface area contributed by atoms with Crippen LogP contribution in [0.5, 0.6) is 0 Å². The molecule has 1 aliphatic carbocycles. The summed E-state index contributed by atoms with van der Waals surface area (Å²) in [7, 11) is 2.22. The number of nitrogens with zero attached hydrogens (tertiary/aromatic N) is 1. The minimum absolute atomic E-state index is 0.198. The zero-order chi connectivity index (χ0) is 16.2. The van der Waals surface area contributed by atoms with E-state index in [2.05, 4.69) is 22.6 Å². The van der Waals surface area contributed by atoms with Crippen LogP contribution in [-0.2, 0) is 4.74 Å². The second kappa shape index (κ2) is 7.64. The molecule has 2 fully saturated rings. The first kappa shape index (κ1) is 17.5. The molecule has 1 amide bonds. The third kappa shape index (κ3) is 5.43. The minimum atomic E-state index is -0.434. The fourth-order valence-corrected chi connectivity index (χ4v) is 3.53. The van der Waals surface area contributed by atoms with Crippen LogP contribution in [0.4, 0.5) is 4.79 Å². The highest BCUT2D eigenvalue weighted by Gasteiger charge is 2.31. The Morgan fingerprint density at radius 3 is 2.55 bits per heavy atom. The average Bonchev–Trinajstić information content (AvgIpc) is 2.83. The van der Waals surface area contributed by atoms with Gasteiger partial charge in [-0.2, -0.15) is 0 Å². The number of likely N-dealkylation sites (N-methyl/N-ethyl adjacent to an activating group) is 1. The number of likely N-dealkylation sites (tertiary alicyclic amines) is 1. The van der Waals surface area contributed by atoms with E-state index in [1.54, 1.807) is 0 Å². The van der Waals surface area contributed by atoms with Gasteiger partial charge in [-0.1, -0.05) is 6.42 Å². The number of piperidine rings is 1. The van der Waals surface area contributed by atoms with E-state index in [0.29, 0.717) is 12.1 Å². The van der Waals surface area contributed by atoms with Crippen molar-refractivity contribution < 1.29 is 9.53 Å². The van der Waals surface area contributed by atoms with Gasteiger partial charge in [0.25, 0.3) is 0 Å². The van der Waals surface area contributed by atoms with Gasteiger partial charge in [-0.25, -0.2) is 4.79 Å². The van der Waals surface area contributed by atoms with Crippen molar-refractivity contribution in [1.29, 1.82) is 0 Å². The summed E-state index contributed by atoms with van der Waals surface area (Å²) in [6, 6.07) is 1.21. The van der Waals surface area contributed by atoms with Gasteiger partial charge in [-0.05, 0) is 66.5 Å². The second-order valence-corrected chi connectivity index (χ2v) is 7.83. The van der Waals surface area contributed by atoms with Crippen molar-refractivity contribution in [3.63, 3.8) is 0 Å². The minimum Gasteiger partial charge on any atom is -0.444 e. The predicted octanol–water partition coefficient (Wildman–Crippen LogP) is 2.51. The SMILES string of the molecule is CN1CCCCC1CNC1CCCC1NC(=O)OC(C)(C)C. The number of nitrogens with one attached hydrogen (secondary N) is 2. The van der Waals surface area contributed by atoms with Gasteiger partial charge in [-0.3, -0.25) is 0 Å². The smallest absolute Gasteiger partial charge is 0.407 e. The Bertz CT molecular complexity index is 367. The van der Waals surface area contributed by atoms with Crippen LogP contribution >= 0.6 is 0 Å². The fraction of sp³-hybridized carbons (Fsp3) is 0.941. The Kier molecular flexibility index (Phi) is 6.09. The van der Waals surface area contributed by atoms with Gasteiger partial charge in [0.1, 0.15) is 5.60 Å². The Hall–Kier alpha value is -0.810. The van der Waals surface area contributed by atoms with Crippen LogP contribution in [0.15, 0.2) is 0 Å². The molecular weight excluding hydrogens is 278 g/mol. The van der Waals surface area contributed by atoms with E-state index < -0.39 is 5.60 Å². The van der Waals surface area contributed by atoms with Gasteiger partial charge >= 0.3 is 6.09 Å². The number of amides is 1. The molecule has 0 spiro atoms. The molecule has 2 N–H and O–H groups in total. The molecule has 5 heteroatoms. The van der Waals surface area contributed by atoms with Crippen LogP contribution in [0.25, 0.3) is 0 Å². The van der Waals surface area contributed by atoms with Gasteiger partial charge in [0, 0.05) is 24.7 Å². The van der Waals surface area contributed by atoms with Crippen molar-refractivity contribution in [3.05, 3.63) is 0 Å². The molecule has 2 rings (SSSR count). The molecule has 0 aromatic carbocycles. The Morgan fingerprint density at radius 2 is 1.86 bits per heavy atom. The van der Waals surface area contributed by atoms with E-state index in [0.717, 1.165) is 19.4 Å². The number of hydrogen-bond acceptors (Lipinski definition) is 4. The molecule has 1 heterocycles. The molecule has 3 atom stereocenters. The summed E-state index contributed by atoms with van der Waals surface area (Å²) in [6.07, 6.45) is 6.98. The number of alkyl carbamates (subject to hydrolysis) is 1. The summed E-state index contributed by atoms with van der Waals surface area (Å²) in [5.41, 5.74) is -0.434. The zero-order valence-corrected chi connectivity index (χ0v) is 14.7. The number of carbonyl (C=O) groups is 1. The van der Waals surface area contributed by atoms with Crippen LogP contribution in [0, 0.1) is 0 Å². The van der Waals surface area contributed by atoms with E-state index in [9.17, 15) is 4.79 Å². The van der Waals surface area contributed by atoms with Crippen molar-refractivity contribution in [3.8, 4) is 0 Å². The second-order valence-electron chi connectivity index (χ2n) is 7.83. The molecule has 0 radical (unpaired) electrons. The summed E-state index contributed by atoms with van der Waals surface area (Å²) >= 11 is 0. The van der Waals surface area contributed by atoms with Crippen molar-refractivity contribution >= 4 is 6.09 Å². The molecular formula is C17H33N3O2. The lowest BCUT2D eigenvalue weighted by atomic mass is 10.0. The normalized spacial score (nSPS) is 30.3. The van der Waals surface area contributed by atoms with E-state index in [-0.39, 0.29) is 12.1 Å². The van der Waals surface area contributed by atoms with Crippen molar-refractivity contribution in [2.45, 2.75) is 83.0 Å². The van der Waals surface area contributed by atoms with Crippen LogP contribution in [0.2, 0.25) is 0 Å². The number of carbonyl (C=O) groups excluding carboxylic acids is 1. The van der Waals surface area contributed by atoms with Crippen molar-refractivity contribution in [2.75, 3.05) is 20.1 Å². The van der Waals surface area contributed by atoms with E-state index in [1.807, 2.05) is 20.8 Å². The summed E-state index contributed by atoms with van der Waals surface area (Å²) in [5.74, 6) is 0. The van der Waals surface area contributed by atoms with Crippen LogP contribution < -0.4 is 10.6 Å². The Morgan fingerprint density at radius 1 is 1.14 bits per heavy atom. The Labute approximate surface area is 135 Å². The van der Waals surface area contributed by atoms with Crippen LogP contribution in [0.1, 0.15) is 59.3 Å². The number of rotatable bonds is 4. The highest BCUT2D eigenvalue weighted by atomic mass is 16.6. The summed E-state index contributed by atoms with van der Waals surface area (Å²) in [5, 5.41) is 6.74. The molecule has 1 aliphatic heterocycles. The lowest BCUT2D eigenvalue weighted by Crippen LogP contribution is -2.51. The van der Waals surface area contributed by atoms with E-state index >= 15 is 0 Å². The van der Waals surface area contributed by atoms with Gasteiger partial charge in [-0.15, -0.1) is 0 Å². The molecule has 0 bridgehead atoms. The maximum Gasteiger partial charge on any atom is 0.407 e. The molecule has 2 aliphatic rings. The lowest BCUT2D eigenvalue weighted by Gasteiger charge is -2.34. The molecule has 0 aromatic heterocycles. The van der Waals surface area contributed by atoms with Gasteiger partial charge < -0.3 is 20.3 Å². The maximum absolute atomic E-state index is 11.9. The van der Waals surface area contributed by atoms with Gasteiger partial charge in [0.15, 0.2) is 0 Å². The molecule has 3 unspecified atom stereocenters. The first-order chi connectivity index (χ1) is 10.3. The third-order valence-electron chi connectivity index (χ3n) is 4.76. The lowest BCUT2D eigenvalue weighted by molar-refractivity contribution is 0.0497. The predicted molar refractivity (Wildman–Crippen MR) is 89.1 cm³/mol. The molecule has 128 valence electrons. The average molecular weight is 311 g/mol. The Balaban J connectivity index is 1.76. The first-order valence-electron chi connectivity index (χ1n) is 8.78. The molecule has 0 aromatic rings. The summed E-state index contributed by atoms with van der Waals surface area (Å²) in [6.45, 7) is 7.92. The summed E-state index contributed by atoms with van der Waals surface area (Å²) < 4.78 is 5.37. The van der Waals surface area contributed by atoms with Crippen LogP contribution in [0.3, 0.4) is 0 Å². The zero-order valence-electron chi connectivity index (χ0n) is 14.7. The topological polar surface area (TPSA) is 53.6 Å². The first-order valence-corrected chi connectivity index (χ1v) is 8.78. The molecule has 5 nitrogen and oxygen atoms in total. The van der Waals surface area contributed by atoms with E-state index in [1.165, 1.54) is 32.2 Å². The number of ether oxygens (including phenoxy) is 1. The maximum atomic E-state index is 11.9. The standard InChI is InChI=1S/C17H33N3O2/c1-17(2,3)22-16(21)19-15-10-7-9-14(15)18-12-13-8-5-6-11-20(13)4/h13-15,18H,5-12H2,1-4H3,(H,19,21). The van der Waals surface area contributed by atoms with Crippen molar-refractivity contribution in [1.82, 2.24) is 15.5 Å². The summed E-state index contributed by atoms with van der Waals surface area (Å²) in [4.78, 5) is 14.4. The molecule has 1 saturated heterocycles. The fourth-order valence-electron chi connectivity index (χ4n) is 3.53. The van der Waals surface area contributed by atoms with E-state index in [4.69, 9.17) is 4.74 Å². The largest absolute Gasteiger partial charge is 0.444 e. The highest BCUT2D eigenvalue weighted by Crippen LogP contribution is 2.21. The van der Waals surface area contributed by atoms with Gasteiger partial charge in [0.2, 0.25) is 0 Å².